The largest absolute Gasteiger partial charge is 0.504 e. The second kappa shape index (κ2) is 9.30. The molecule has 4 atom stereocenters. The van der Waals surface area contributed by atoms with Gasteiger partial charge in [-0.2, -0.15) is 0 Å². The number of carbonyl (C=O) groups is 1. The Labute approximate surface area is 229 Å². The highest BCUT2D eigenvalue weighted by Crippen LogP contribution is 2.45. The van der Waals surface area contributed by atoms with Gasteiger partial charge in [-0.15, -0.1) is 0 Å². The number of benzene rings is 3. The van der Waals surface area contributed by atoms with E-state index in [0.29, 0.717) is 0 Å². The van der Waals surface area contributed by atoms with Crippen molar-refractivity contribution in [2.24, 2.45) is 0 Å². The fourth-order valence-electron chi connectivity index (χ4n) is 4.69. The molecule has 0 saturated carbocycles. The van der Waals surface area contributed by atoms with Crippen molar-refractivity contribution in [3.8, 4) is 40.2 Å². The number of hydrogen-bond acceptors (Lipinski definition) is 16. The van der Waals surface area contributed by atoms with Crippen LogP contribution in [0.4, 0.5) is 0 Å². The van der Waals surface area contributed by atoms with Crippen molar-refractivity contribution < 1.29 is 68.7 Å². The molecule has 16 nitrogen and oxygen atoms in total. The molecule has 0 spiro atoms. The molecule has 3 heterocycles. The van der Waals surface area contributed by atoms with E-state index < -0.39 is 105 Å². The van der Waals surface area contributed by atoms with Gasteiger partial charge >= 0.3 is 17.2 Å². The van der Waals surface area contributed by atoms with Crippen LogP contribution >= 0.6 is 0 Å². The molecular formula is C26H18O16. The number of ether oxygens (including phenoxy) is 3. The van der Waals surface area contributed by atoms with E-state index >= 15 is 0 Å². The molecule has 0 radical (unpaired) electrons. The number of aliphatic hydroxyl groups is 2. The van der Waals surface area contributed by atoms with E-state index in [4.69, 9.17) is 23.0 Å². The van der Waals surface area contributed by atoms with Crippen LogP contribution in [0.2, 0.25) is 0 Å². The zero-order chi connectivity index (χ0) is 30.2. The smallest absolute Gasteiger partial charge is 0.344 e. The van der Waals surface area contributed by atoms with Crippen LogP contribution in [-0.2, 0) is 9.47 Å². The molecule has 5 aromatic rings. The third kappa shape index (κ3) is 3.92. The van der Waals surface area contributed by atoms with Crippen molar-refractivity contribution in [3.63, 3.8) is 0 Å². The average molecular weight is 586 g/mol. The Morgan fingerprint density at radius 3 is 1.90 bits per heavy atom. The molecule has 1 aliphatic rings. The van der Waals surface area contributed by atoms with Gasteiger partial charge in [0.2, 0.25) is 17.8 Å². The lowest BCUT2D eigenvalue weighted by Gasteiger charge is -2.36. The molecule has 1 fully saturated rings. The maximum Gasteiger partial charge on any atom is 0.344 e. The highest BCUT2D eigenvalue weighted by atomic mass is 16.7. The Morgan fingerprint density at radius 2 is 1.29 bits per heavy atom. The minimum atomic E-state index is -1.92. The zero-order valence-corrected chi connectivity index (χ0v) is 20.7. The summed E-state index contributed by atoms with van der Waals surface area (Å²) in [6.45, 7) is -0.570. The monoisotopic (exact) mass is 586 g/mol. The predicted octanol–water partition coefficient (Wildman–Crippen LogP) is 0.406. The fraction of sp³-hybridized carbons (Fsp3) is 0.192. The van der Waals surface area contributed by atoms with Crippen LogP contribution in [0.3, 0.4) is 0 Å². The second-order valence-corrected chi connectivity index (χ2v) is 9.36. The minimum Gasteiger partial charge on any atom is -0.504 e. The molecule has 0 amide bonds. The Hall–Kier alpha value is -5.45. The van der Waals surface area contributed by atoms with Crippen molar-refractivity contribution in [3.05, 3.63) is 50.7 Å². The van der Waals surface area contributed by atoms with Gasteiger partial charge in [-0.3, -0.25) is 0 Å². The first-order chi connectivity index (χ1) is 19.9. The molecule has 8 N–H and O–H groups in total. The maximum absolute atomic E-state index is 12.8. The zero-order valence-electron chi connectivity index (χ0n) is 20.7. The number of rotatable bonds is 4. The molecular weight excluding hydrogens is 568 g/mol. The molecule has 2 aromatic heterocycles. The van der Waals surface area contributed by atoms with Gasteiger partial charge in [0.05, 0.1) is 22.9 Å². The highest BCUT2D eigenvalue weighted by molar-refractivity contribution is 6.22. The normalized spacial score (nSPS) is 20.8. The van der Waals surface area contributed by atoms with E-state index in [1.165, 1.54) is 0 Å². The fourth-order valence-corrected chi connectivity index (χ4v) is 4.69. The molecule has 218 valence electrons. The molecule has 1 aliphatic heterocycles. The van der Waals surface area contributed by atoms with Crippen molar-refractivity contribution >= 4 is 38.7 Å². The molecule has 16 heteroatoms. The Kier molecular flexibility index (Phi) is 5.92. The third-order valence-corrected chi connectivity index (χ3v) is 6.78. The highest BCUT2D eigenvalue weighted by Gasteiger charge is 2.43. The number of esters is 1. The van der Waals surface area contributed by atoms with Crippen LogP contribution in [0.5, 0.6) is 40.2 Å². The van der Waals surface area contributed by atoms with Crippen LogP contribution in [-0.4, -0.2) is 78.0 Å². The summed E-state index contributed by atoms with van der Waals surface area (Å²) in [5.74, 6) is -6.62. The molecule has 0 bridgehead atoms. The predicted molar refractivity (Wildman–Crippen MR) is 135 cm³/mol. The summed E-state index contributed by atoms with van der Waals surface area (Å²) >= 11 is 0. The Balaban J connectivity index is 1.30. The molecule has 1 saturated heterocycles. The quantitative estimate of drug-likeness (QED) is 0.0613. The summed E-state index contributed by atoms with van der Waals surface area (Å²) in [6.07, 6.45) is -6.97. The van der Waals surface area contributed by atoms with E-state index in [1.807, 2.05) is 0 Å². The van der Waals surface area contributed by atoms with Crippen LogP contribution in [0.15, 0.2) is 42.7 Å². The van der Waals surface area contributed by atoms with E-state index in [0.717, 1.165) is 24.3 Å². The van der Waals surface area contributed by atoms with Crippen molar-refractivity contribution in [1.82, 2.24) is 0 Å². The number of phenols is 6. The first-order valence-electron chi connectivity index (χ1n) is 11.9. The third-order valence-electron chi connectivity index (χ3n) is 6.78. The molecule has 3 aromatic carbocycles. The van der Waals surface area contributed by atoms with Crippen molar-refractivity contribution in [1.29, 1.82) is 0 Å². The number of aromatic hydroxyl groups is 6. The lowest BCUT2D eigenvalue weighted by atomic mass is 10.0. The van der Waals surface area contributed by atoms with E-state index in [-0.39, 0.29) is 21.5 Å². The molecule has 42 heavy (non-hydrogen) atoms. The summed E-state index contributed by atoms with van der Waals surface area (Å²) in [5.41, 5.74) is -3.64. The summed E-state index contributed by atoms with van der Waals surface area (Å²) in [7, 11) is 0. The summed E-state index contributed by atoms with van der Waals surface area (Å²) in [5, 5.41) is 79.9. The van der Waals surface area contributed by atoms with Crippen LogP contribution in [0, 0.1) is 0 Å². The summed E-state index contributed by atoms with van der Waals surface area (Å²) in [6, 6.07) is 3.47. The minimum absolute atomic E-state index is 0.128. The van der Waals surface area contributed by atoms with Gasteiger partial charge in [0, 0.05) is 10.8 Å². The summed E-state index contributed by atoms with van der Waals surface area (Å²) in [4.78, 5) is 37.8. The van der Waals surface area contributed by atoms with Gasteiger partial charge in [-0.1, -0.05) is 0 Å². The van der Waals surface area contributed by atoms with Crippen LogP contribution < -0.4 is 16.0 Å². The van der Waals surface area contributed by atoms with E-state index in [2.05, 4.69) is 0 Å². The molecule has 0 unspecified atom stereocenters. The number of carbonyl (C=O) groups excluding carboxylic acids is 1. The molecule has 0 aliphatic carbocycles. The molecule has 6 rings (SSSR count). The average Bonchev–Trinajstić information content (AvgIpc) is 2.94. The first kappa shape index (κ1) is 26.8. The van der Waals surface area contributed by atoms with Crippen LogP contribution in [0.25, 0.3) is 32.7 Å². The topological polar surface area (TPSA) is 267 Å². The van der Waals surface area contributed by atoms with Gasteiger partial charge in [-0.05, 0) is 24.3 Å². The van der Waals surface area contributed by atoms with E-state index in [9.17, 15) is 55.2 Å². The lowest BCUT2D eigenvalue weighted by molar-refractivity contribution is -0.242. The number of hydrogen-bond donors (Lipinski definition) is 8. The Bertz CT molecular complexity index is 2000. The van der Waals surface area contributed by atoms with Crippen molar-refractivity contribution in [2.45, 2.75) is 24.6 Å². The standard InChI is InChI=1S/C26H18O16/c27-9-1-6(2-10(28)16(9)30)23(35)39-13-5-38-26(20(34)18(13)32)40-12-4-8-15-14-7(24(36)42-22(15)19(12)33)3-11(29)17(31)21(14)41-25(8)37/h1-4,13,18,20,26-34H,5H2/t13-,18+,20-,26+/m1/s1. The van der Waals surface area contributed by atoms with E-state index in [1.54, 1.807) is 0 Å². The summed E-state index contributed by atoms with van der Waals surface area (Å²) < 4.78 is 26.2. The van der Waals surface area contributed by atoms with Gasteiger partial charge < -0.3 is 63.9 Å². The number of phenolic OH excluding ortho intramolecular Hbond substituents is 6. The number of aliphatic hydroxyl groups excluding tert-OH is 2. The van der Waals surface area contributed by atoms with Gasteiger partial charge in [0.25, 0.3) is 0 Å². The van der Waals surface area contributed by atoms with Gasteiger partial charge in [0.1, 0.15) is 12.2 Å². The first-order valence-corrected chi connectivity index (χ1v) is 11.9. The second-order valence-electron chi connectivity index (χ2n) is 9.36. The Morgan fingerprint density at radius 1 is 0.738 bits per heavy atom. The van der Waals surface area contributed by atoms with Crippen molar-refractivity contribution in [2.75, 3.05) is 6.61 Å². The lowest BCUT2D eigenvalue weighted by Crippen LogP contribution is -2.56. The van der Waals surface area contributed by atoms with Crippen LogP contribution in [0.1, 0.15) is 10.4 Å². The maximum atomic E-state index is 12.8. The van der Waals surface area contributed by atoms with Gasteiger partial charge in [0.15, 0.2) is 46.0 Å². The van der Waals surface area contributed by atoms with Gasteiger partial charge in [-0.25, -0.2) is 14.4 Å². The SMILES string of the molecule is O=C(O[C@@H]1CO[C@@H](Oc2cc3c(=O)oc4c(O)c(O)cc5c(=O)oc(c2O)c3c45)[C@H](O)[C@H]1O)c1cc(O)c(O)c(O)c1.